The number of hydrogen-bond acceptors (Lipinski definition) is 5. The van der Waals surface area contributed by atoms with Gasteiger partial charge in [0.2, 0.25) is 11.8 Å². The van der Waals surface area contributed by atoms with Gasteiger partial charge in [-0.25, -0.2) is 4.39 Å². The van der Waals surface area contributed by atoms with Crippen LogP contribution < -0.4 is 10.6 Å². The molecule has 142 valence electrons. The molecule has 0 spiro atoms. The molecule has 2 fully saturated rings. The molecule has 0 unspecified atom stereocenters. The molecule has 0 radical (unpaired) electrons. The summed E-state index contributed by atoms with van der Waals surface area (Å²) >= 11 is 0.799. The summed E-state index contributed by atoms with van der Waals surface area (Å²) in [6, 6.07) is 5.57. The fraction of sp³-hybridized carbons (Fsp3) is 0.333. The van der Waals surface area contributed by atoms with Crippen molar-refractivity contribution in [3.63, 3.8) is 0 Å². The predicted octanol–water partition coefficient (Wildman–Crippen LogP) is 1.50. The molecule has 0 aromatic heterocycles. The Morgan fingerprint density at radius 3 is 2.56 bits per heavy atom. The number of nitrogens with zero attached hydrogens (tertiary/aromatic N) is 1. The summed E-state index contributed by atoms with van der Waals surface area (Å²) in [4.78, 5) is 48.8. The first-order valence-electron chi connectivity index (χ1n) is 8.49. The number of hydrogen-bond donors (Lipinski definition) is 2. The quantitative estimate of drug-likeness (QED) is 0.687. The van der Waals surface area contributed by atoms with Crippen LogP contribution in [0.15, 0.2) is 29.2 Å². The third-order valence-corrected chi connectivity index (χ3v) is 4.98. The molecule has 1 heterocycles. The van der Waals surface area contributed by atoms with E-state index in [9.17, 15) is 23.6 Å². The maximum Gasteiger partial charge on any atom is 0.293 e. The number of carbonyl (C=O) groups excluding carboxylic acids is 4. The number of thioether (sulfide) groups is 1. The van der Waals surface area contributed by atoms with E-state index in [0.717, 1.165) is 29.5 Å². The Hall–Kier alpha value is -2.68. The molecule has 0 atom stereocenters. The highest BCUT2D eigenvalue weighted by atomic mass is 32.2. The van der Waals surface area contributed by atoms with Crippen LogP contribution in [0.4, 0.5) is 9.18 Å². The molecule has 0 bridgehead atoms. The molecule has 27 heavy (non-hydrogen) atoms. The molecule has 1 saturated carbocycles. The maximum absolute atomic E-state index is 12.9. The van der Waals surface area contributed by atoms with Crippen LogP contribution in [0.5, 0.6) is 0 Å². The predicted molar refractivity (Wildman–Crippen MR) is 97.8 cm³/mol. The van der Waals surface area contributed by atoms with Crippen molar-refractivity contribution in [3.05, 3.63) is 40.6 Å². The van der Waals surface area contributed by atoms with E-state index in [-0.39, 0.29) is 48.1 Å². The zero-order valence-electron chi connectivity index (χ0n) is 14.4. The van der Waals surface area contributed by atoms with Crippen molar-refractivity contribution in [2.45, 2.75) is 12.8 Å². The van der Waals surface area contributed by atoms with E-state index >= 15 is 0 Å². The first kappa shape index (κ1) is 19.1. The van der Waals surface area contributed by atoms with Crippen LogP contribution in [0, 0.1) is 11.7 Å². The molecule has 2 N–H and O–H groups in total. The second-order valence-electron chi connectivity index (χ2n) is 6.23. The molecule has 1 aliphatic heterocycles. The van der Waals surface area contributed by atoms with Crippen molar-refractivity contribution in [1.29, 1.82) is 0 Å². The van der Waals surface area contributed by atoms with Gasteiger partial charge in [0.05, 0.1) is 11.4 Å². The van der Waals surface area contributed by atoms with E-state index < -0.39 is 11.1 Å². The van der Waals surface area contributed by atoms with Gasteiger partial charge in [0.25, 0.3) is 11.1 Å². The van der Waals surface area contributed by atoms with Crippen molar-refractivity contribution >= 4 is 40.8 Å². The van der Waals surface area contributed by atoms with Crippen molar-refractivity contribution in [2.24, 2.45) is 5.92 Å². The lowest BCUT2D eigenvalue weighted by Gasteiger charge is -2.13. The average Bonchev–Trinajstić information content (AvgIpc) is 3.45. The second kappa shape index (κ2) is 8.34. The van der Waals surface area contributed by atoms with E-state index in [1.165, 1.54) is 30.3 Å². The van der Waals surface area contributed by atoms with E-state index in [1.807, 2.05) is 0 Å². The van der Waals surface area contributed by atoms with Crippen molar-refractivity contribution < 1.29 is 23.6 Å². The zero-order valence-corrected chi connectivity index (χ0v) is 15.2. The van der Waals surface area contributed by atoms with Gasteiger partial charge in [0.1, 0.15) is 5.82 Å². The third kappa shape index (κ3) is 5.16. The molecular weight excluding hydrogens is 373 g/mol. The highest BCUT2D eigenvalue weighted by molar-refractivity contribution is 8.18. The van der Waals surface area contributed by atoms with E-state index in [0.29, 0.717) is 5.56 Å². The van der Waals surface area contributed by atoms with Gasteiger partial charge in [-0.15, -0.1) is 0 Å². The van der Waals surface area contributed by atoms with Crippen LogP contribution in [0.3, 0.4) is 0 Å². The van der Waals surface area contributed by atoms with Crippen molar-refractivity contribution in [1.82, 2.24) is 15.5 Å². The number of nitrogens with one attached hydrogen (secondary N) is 2. The van der Waals surface area contributed by atoms with Gasteiger partial charge in [0.15, 0.2) is 0 Å². The van der Waals surface area contributed by atoms with Gasteiger partial charge < -0.3 is 10.6 Å². The minimum absolute atomic E-state index is 0.0287. The fourth-order valence-corrected chi connectivity index (χ4v) is 3.30. The lowest BCUT2D eigenvalue weighted by Crippen LogP contribution is -2.41. The molecule has 1 aromatic carbocycles. The van der Waals surface area contributed by atoms with Gasteiger partial charge in [-0.1, -0.05) is 12.1 Å². The molecule has 4 amide bonds. The van der Waals surface area contributed by atoms with Crippen LogP contribution in [-0.2, 0) is 14.4 Å². The fourth-order valence-electron chi connectivity index (χ4n) is 2.43. The summed E-state index contributed by atoms with van der Waals surface area (Å²) in [6.45, 7) is 0.00936. The highest BCUT2D eigenvalue weighted by Gasteiger charge is 2.34. The highest BCUT2D eigenvalue weighted by Crippen LogP contribution is 2.32. The largest absolute Gasteiger partial charge is 0.353 e. The Labute approximate surface area is 159 Å². The van der Waals surface area contributed by atoms with Gasteiger partial charge >= 0.3 is 0 Å². The first-order chi connectivity index (χ1) is 12.9. The third-order valence-electron chi connectivity index (χ3n) is 4.07. The van der Waals surface area contributed by atoms with Crippen LogP contribution in [0.25, 0.3) is 6.08 Å². The smallest absolute Gasteiger partial charge is 0.293 e. The van der Waals surface area contributed by atoms with Gasteiger partial charge in [-0.3, -0.25) is 24.1 Å². The Bertz CT molecular complexity index is 805. The lowest BCUT2D eigenvalue weighted by atomic mass is 10.2. The topological polar surface area (TPSA) is 95.6 Å². The molecule has 1 aliphatic carbocycles. The maximum atomic E-state index is 12.9. The lowest BCUT2D eigenvalue weighted by molar-refractivity contribution is -0.127. The van der Waals surface area contributed by atoms with Crippen molar-refractivity contribution in [2.75, 3.05) is 19.6 Å². The second-order valence-corrected chi connectivity index (χ2v) is 7.22. The minimum Gasteiger partial charge on any atom is -0.353 e. The molecule has 2 aliphatic rings. The summed E-state index contributed by atoms with van der Waals surface area (Å²) in [7, 11) is 0. The number of imide groups is 1. The summed E-state index contributed by atoms with van der Waals surface area (Å²) < 4.78 is 12.9. The van der Waals surface area contributed by atoms with Crippen molar-refractivity contribution in [3.8, 4) is 0 Å². The van der Waals surface area contributed by atoms with E-state index in [2.05, 4.69) is 10.6 Å². The summed E-state index contributed by atoms with van der Waals surface area (Å²) in [6.07, 6.45) is 3.24. The standard InChI is InChI=1S/C18H18FN3O4S/c19-13-5-1-11(2-6-13)9-14-17(25)22(18(26)27-14)8-7-20-15(23)10-21-16(24)12-3-4-12/h1-2,5-6,9,12H,3-4,7-8,10H2,(H,20,23)(H,21,24)/b14-9-. The number of amides is 4. The normalized spacial score (nSPS) is 18.1. The van der Waals surface area contributed by atoms with E-state index in [1.54, 1.807) is 0 Å². The number of rotatable bonds is 7. The first-order valence-corrected chi connectivity index (χ1v) is 9.31. The summed E-state index contributed by atoms with van der Waals surface area (Å²) in [5.74, 6) is -1.31. The molecule has 3 rings (SSSR count). The van der Waals surface area contributed by atoms with Gasteiger partial charge in [0, 0.05) is 19.0 Å². The van der Waals surface area contributed by atoms with Crippen LogP contribution in [0.2, 0.25) is 0 Å². The van der Waals surface area contributed by atoms with Crippen LogP contribution >= 0.6 is 11.8 Å². The Morgan fingerprint density at radius 1 is 1.19 bits per heavy atom. The molecule has 1 aromatic rings. The van der Waals surface area contributed by atoms with Gasteiger partial charge in [-0.05, 0) is 48.4 Å². The number of halogens is 1. The molecule has 7 nitrogen and oxygen atoms in total. The van der Waals surface area contributed by atoms with Crippen LogP contribution in [-0.4, -0.2) is 47.5 Å². The average molecular weight is 391 g/mol. The van der Waals surface area contributed by atoms with E-state index in [4.69, 9.17) is 0 Å². The Kier molecular flexibility index (Phi) is 5.90. The molecule has 1 saturated heterocycles. The SMILES string of the molecule is O=C(CNC(=O)C1CC1)NCCN1C(=O)S/C(=C\c2ccc(F)cc2)C1=O. The zero-order chi connectivity index (χ0) is 19.4. The number of carbonyl (C=O) groups is 4. The summed E-state index contributed by atoms with van der Waals surface area (Å²) in [5, 5.41) is 4.68. The monoisotopic (exact) mass is 391 g/mol. The summed E-state index contributed by atoms with van der Waals surface area (Å²) in [5.41, 5.74) is 0.613. The Morgan fingerprint density at radius 2 is 1.89 bits per heavy atom. The molecular formula is C18H18FN3O4S. The Balaban J connectivity index is 1.46. The molecule has 9 heteroatoms. The van der Waals surface area contributed by atoms with Crippen LogP contribution in [0.1, 0.15) is 18.4 Å². The minimum atomic E-state index is -0.453. The van der Waals surface area contributed by atoms with Gasteiger partial charge in [-0.2, -0.15) is 0 Å². The number of benzene rings is 1.